The summed E-state index contributed by atoms with van der Waals surface area (Å²) in [5.41, 5.74) is 5.63. The molecule has 2 saturated heterocycles. The van der Waals surface area contributed by atoms with Crippen LogP contribution in [0.1, 0.15) is 12.8 Å². The third-order valence-corrected chi connectivity index (χ3v) is 4.16. The first-order valence-electron chi connectivity index (χ1n) is 5.50. The Kier molecular flexibility index (Phi) is 3.88. The molecule has 0 radical (unpaired) electrons. The van der Waals surface area contributed by atoms with Gasteiger partial charge in [-0.05, 0) is 12.8 Å². The van der Waals surface area contributed by atoms with E-state index in [2.05, 4.69) is 0 Å². The van der Waals surface area contributed by atoms with Crippen LogP contribution in [-0.4, -0.2) is 54.2 Å². The van der Waals surface area contributed by atoms with Gasteiger partial charge in [-0.1, -0.05) is 0 Å². The van der Waals surface area contributed by atoms with Gasteiger partial charge in [-0.2, -0.15) is 0 Å². The van der Waals surface area contributed by atoms with Crippen LogP contribution in [0, 0.1) is 0 Å². The fourth-order valence-electron chi connectivity index (χ4n) is 2.03. The van der Waals surface area contributed by atoms with Gasteiger partial charge in [-0.15, -0.1) is 11.8 Å². The zero-order valence-electron chi connectivity index (χ0n) is 8.85. The Hall–Kier alpha value is -0.260. The minimum Gasteiger partial charge on any atom is -0.376 e. The highest BCUT2D eigenvalue weighted by Crippen LogP contribution is 2.21. The molecule has 5 heteroatoms. The summed E-state index contributed by atoms with van der Waals surface area (Å²) in [7, 11) is 0. The molecule has 2 fully saturated rings. The molecule has 2 N–H and O–H groups in total. The molecule has 0 aromatic rings. The van der Waals surface area contributed by atoms with E-state index in [-0.39, 0.29) is 12.0 Å². The van der Waals surface area contributed by atoms with Gasteiger partial charge in [0.05, 0.1) is 11.9 Å². The molecule has 2 heterocycles. The zero-order chi connectivity index (χ0) is 10.7. The maximum atomic E-state index is 11.7. The number of amides is 1. The van der Waals surface area contributed by atoms with Gasteiger partial charge in [-0.3, -0.25) is 4.79 Å². The van der Waals surface area contributed by atoms with Crippen LogP contribution in [0.25, 0.3) is 0 Å². The summed E-state index contributed by atoms with van der Waals surface area (Å²) in [4.78, 5) is 13.6. The highest BCUT2D eigenvalue weighted by molar-refractivity contribution is 8.00. The molecule has 2 aliphatic heterocycles. The van der Waals surface area contributed by atoms with Gasteiger partial charge in [-0.25, -0.2) is 0 Å². The number of hydrogen-bond acceptors (Lipinski definition) is 4. The summed E-state index contributed by atoms with van der Waals surface area (Å²) in [6.07, 6.45) is 2.47. The predicted octanol–water partition coefficient (Wildman–Crippen LogP) is 0.0681. The van der Waals surface area contributed by atoms with Crippen LogP contribution < -0.4 is 5.73 Å². The average Bonchev–Trinajstić information content (AvgIpc) is 2.74. The van der Waals surface area contributed by atoms with E-state index in [1.54, 1.807) is 11.8 Å². The summed E-state index contributed by atoms with van der Waals surface area (Å²) in [6.45, 7) is 3.05. The Labute approximate surface area is 94.5 Å². The Bertz CT molecular complexity index is 231. The number of carbonyl (C=O) groups excluding carboxylic acids is 1. The van der Waals surface area contributed by atoms with Crippen molar-refractivity contribution in [3.63, 3.8) is 0 Å². The molecule has 4 nitrogen and oxygen atoms in total. The lowest BCUT2D eigenvalue weighted by molar-refractivity contribution is -0.130. The van der Waals surface area contributed by atoms with E-state index in [9.17, 15) is 4.79 Å². The molecule has 2 rings (SSSR count). The van der Waals surface area contributed by atoms with E-state index in [1.165, 1.54) is 0 Å². The maximum absolute atomic E-state index is 11.7. The molecule has 0 saturated carbocycles. The molecule has 0 aromatic carbocycles. The van der Waals surface area contributed by atoms with E-state index in [0.717, 1.165) is 32.5 Å². The Morgan fingerprint density at radius 2 is 2.47 bits per heavy atom. The van der Waals surface area contributed by atoms with Crippen molar-refractivity contribution in [1.29, 1.82) is 0 Å². The van der Waals surface area contributed by atoms with E-state index < -0.39 is 0 Å². The van der Waals surface area contributed by atoms with Gasteiger partial charge in [0, 0.05) is 31.5 Å². The van der Waals surface area contributed by atoms with Crippen molar-refractivity contribution in [1.82, 2.24) is 4.90 Å². The van der Waals surface area contributed by atoms with Gasteiger partial charge in [0.15, 0.2) is 0 Å². The minimum absolute atomic E-state index is 0.236. The Morgan fingerprint density at radius 1 is 1.60 bits per heavy atom. The normalized spacial score (nSPS) is 32.3. The average molecular weight is 230 g/mol. The summed E-state index contributed by atoms with van der Waals surface area (Å²) < 4.78 is 5.54. The van der Waals surface area contributed by atoms with Crippen LogP contribution in [0.15, 0.2) is 0 Å². The fraction of sp³-hybridized carbons (Fsp3) is 0.900. The fourth-order valence-corrected chi connectivity index (χ4v) is 3.02. The van der Waals surface area contributed by atoms with Crippen molar-refractivity contribution in [2.75, 3.05) is 32.0 Å². The van der Waals surface area contributed by atoms with Crippen LogP contribution in [0.2, 0.25) is 0 Å². The van der Waals surface area contributed by atoms with Crippen molar-refractivity contribution < 1.29 is 9.53 Å². The quantitative estimate of drug-likeness (QED) is 0.745. The lowest BCUT2D eigenvalue weighted by atomic mass is 10.2. The van der Waals surface area contributed by atoms with Crippen molar-refractivity contribution in [2.45, 2.75) is 24.2 Å². The second-order valence-electron chi connectivity index (χ2n) is 4.10. The van der Waals surface area contributed by atoms with Gasteiger partial charge < -0.3 is 15.4 Å². The third kappa shape index (κ3) is 2.86. The lowest BCUT2D eigenvalue weighted by Crippen LogP contribution is -2.47. The van der Waals surface area contributed by atoms with Gasteiger partial charge in [0.1, 0.15) is 0 Å². The monoisotopic (exact) mass is 230 g/mol. The summed E-state index contributed by atoms with van der Waals surface area (Å²) in [6, 6.07) is 0. The molecule has 0 aromatic heterocycles. The molecule has 86 valence electrons. The number of rotatable bonds is 3. The van der Waals surface area contributed by atoms with Crippen LogP contribution in [-0.2, 0) is 9.53 Å². The molecule has 2 aliphatic rings. The van der Waals surface area contributed by atoms with E-state index in [0.29, 0.717) is 17.5 Å². The van der Waals surface area contributed by atoms with Crippen LogP contribution >= 0.6 is 11.8 Å². The van der Waals surface area contributed by atoms with Gasteiger partial charge in [0.25, 0.3) is 0 Å². The largest absolute Gasteiger partial charge is 0.376 e. The van der Waals surface area contributed by atoms with Crippen molar-refractivity contribution in [3.8, 4) is 0 Å². The standard InChI is InChI=1S/C10H18N2O2S/c11-4-9-6-12(10(13)7-15-9)5-8-2-1-3-14-8/h8-9H,1-7,11H2. The Balaban J connectivity index is 1.85. The molecule has 0 spiro atoms. The summed E-state index contributed by atoms with van der Waals surface area (Å²) >= 11 is 1.68. The van der Waals surface area contributed by atoms with Crippen molar-refractivity contribution in [3.05, 3.63) is 0 Å². The van der Waals surface area contributed by atoms with Crippen LogP contribution in [0.4, 0.5) is 0 Å². The van der Waals surface area contributed by atoms with Crippen molar-refractivity contribution in [2.24, 2.45) is 5.73 Å². The van der Waals surface area contributed by atoms with Crippen LogP contribution in [0.5, 0.6) is 0 Å². The number of hydrogen-bond donors (Lipinski definition) is 1. The first-order valence-corrected chi connectivity index (χ1v) is 6.55. The topological polar surface area (TPSA) is 55.6 Å². The third-order valence-electron chi connectivity index (χ3n) is 2.93. The summed E-state index contributed by atoms with van der Waals surface area (Å²) in [5, 5.41) is 0.407. The lowest BCUT2D eigenvalue weighted by Gasteiger charge is -2.33. The first-order chi connectivity index (χ1) is 7.29. The molecule has 2 atom stereocenters. The number of nitrogens with two attached hydrogens (primary N) is 1. The van der Waals surface area contributed by atoms with E-state index >= 15 is 0 Å². The molecular weight excluding hydrogens is 212 g/mol. The highest BCUT2D eigenvalue weighted by Gasteiger charge is 2.28. The number of thioether (sulfide) groups is 1. The second kappa shape index (κ2) is 5.18. The number of nitrogens with zero attached hydrogens (tertiary/aromatic N) is 1. The van der Waals surface area contributed by atoms with E-state index in [4.69, 9.17) is 10.5 Å². The molecular formula is C10H18N2O2S. The van der Waals surface area contributed by atoms with Crippen LogP contribution in [0.3, 0.4) is 0 Å². The molecule has 15 heavy (non-hydrogen) atoms. The minimum atomic E-state index is 0.236. The molecule has 0 aliphatic carbocycles. The summed E-state index contributed by atoms with van der Waals surface area (Å²) in [5.74, 6) is 0.814. The SMILES string of the molecule is NCC1CN(CC2CCCO2)C(=O)CS1. The molecule has 1 amide bonds. The predicted molar refractivity (Wildman–Crippen MR) is 60.9 cm³/mol. The Morgan fingerprint density at radius 3 is 3.13 bits per heavy atom. The van der Waals surface area contributed by atoms with Crippen molar-refractivity contribution >= 4 is 17.7 Å². The maximum Gasteiger partial charge on any atom is 0.232 e. The van der Waals surface area contributed by atoms with Gasteiger partial charge >= 0.3 is 0 Å². The second-order valence-corrected chi connectivity index (χ2v) is 5.39. The van der Waals surface area contributed by atoms with E-state index in [1.807, 2.05) is 4.90 Å². The number of ether oxygens (including phenoxy) is 1. The highest BCUT2D eigenvalue weighted by atomic mass is 32.2. The number of carbonyl (C=O) groups is 1. The zero-order valence-corrected chi connectivity index (χ0v) is 9.67. The molecule has 0 bridgehead atoms. The molecule has 2 unspecified atom stereocenters. The van der Waals surface area contributed by atoms with Gasteiger partial charge in [0.2, 0.25) is 5.91 Å². The first kappa shape index (κ1) is 11.2. The smallest absolute Gasteiger partial charge is 0.232 e.